The van der Waals surface area contributed by atoms with Crippen LogP contribution in [0, 0.1) is 0 Å². The molecule has 1 fully saturated rings. The van der Waals surface area contributed by atoms with Crippen molar-refractivity contribution in [2.24, 2.45) is 0 Å². The van der Waals surface area contributed by atoms with Crippen LogP contribution in [0.5, 0.6) is 0 Å². The highest BCUT2D eigenvalue weighted by Crippen LogP contribution is 2.24. The van der Waals surface area contributed by atoms with Gasteiger partial charge in [-0.15, -0.1) is 0 Å². The molecule has 1 aliphatic rings. The fourth-order valence-electron chi connectivity index (χ4n) is 1.86. The number of hydrogen-bond acceptors (Lipinski definition) is 3. The standard InChI is InChI=1S/C10H12N2O2/c13-10(14)9-4-2-6-12(9)8-3-1-5-11-7-8/h1,3,5,7,9H,2,4,6H2,(H,13,14)/t9-/m1/s1. The van der Waals surface area contributed by atoms with Crippen LogP contribution in [-0.2, 0) is 4.79 Å². The summed E-state index contributed by atoms with van der Waals surface area (Å²) in [6, 6.07) is 3.35. The molecular formula is C10H12N2O2. The van der Waals surface area contributed by atoms with Gasteiger partial charge in [0, 0.05) is 12.7 Å². The molecule has 1 N–H and O–H groups in total. The Kier molecular flexibility index (Phi) is 2.35. The zero-order valence-corrected chi connectivity index (χ0v) is 7.76. The molecule has 2 rings (SSSR count). The maximum Gasteiger partial charge on any atom is 0.326 e. The highest BCUT2D eigenvalue weighted by molar-refractivity contribution is 5.78. The highest BCUT2D eigenvalue weighted by Gasteiger charge is 2.30. The summed E-state index contributed by atoms with van der Waals surface area (Å²) in [6.07, 6.45) is 5.06. The normalized spacial score (nSPS) is 21.1. The second-order valence-electron chi connectivity index (χ2n) is 3.40. The largest absolute Gasteiger partial charge is 0.480 e. The fourth-order valence-corrected chi connectivity index (χ4v) is 1.86. The molecule has 74 valence electrons. The molecule has 1 atom stereocenters. The topological polar surface area (TPSA) is 53.4 Å². The molecule has 1 aliphatic heterocycles. The van der Waals surface area contributed by atoms with Crippen molar-refractivity contribution in [1.29, 1.82) is 0 Å². The number of carbonyl (C=O) groups is 1. The predicted octanol–water partition coefficient (Wildman–Crippen LogP) is 1.14. The van der Waals surface area contributed by atoms with Gasteiger partial charge >= 0.3 is 5.97 Å². The van der Waals surface area contributed by atoms with Crippen LogP contribution >= 0.6 is 0 Å². The summed E-state index contributed by atoms with van der Waals surface area (Å²) < 4.78 is 0. The van der Waals surface area contributed by atoms with Gasteiger partial charge in [0.15, 0.2) is 0 Å². The van der Waals surface area contributed by atoms with E-state index in [1.807, 2.05) is 17.0 Å². The van der Waals surface area contributed by atoms with E-state index >= 15 is 0 Å². The first kappa shape index (κ1) is 8.99. The van der Waals surface area contributed by atoms with Gasteiger partial charge in [-0.2, -0.15) is 0 Å². The summed E-state index contributed by atoms with van der Waals surface area (Å²) in [5, 5.41) is 8.98. The molecule has 0 aromatic carbocycles. The first-order chi connectivity index (χ1) is 6.79. The lowest BCUT2D eigenvalue weighted by Gasteiger charge is -2.22. The van der Waals surface area contributed by atoms with Crippen LogP contribution in [-0.4, -0.2) is 28.6 Å². The molecule has 0 aliphatic carbocycles. The third-order valence-corrected chi connectivity index (χ3v) is 2.52. The van der Waals surface area contributed by atoms with Crippen LogP contribution in [0.4, 0.5) is 5.69 Å². The Bertz CT molecular complexity index is 326. The van der Waals surface area contributed by atoms with Crippen molar-refractivity contribution in [3.05, 3.63) is 24.5 Å². The number of aromatic nitrogens is 1. The SMILES string of the molecule is O=C(O)[C@H]1CCCN1c1cccnc1. The van der Waals surface area contributed by atoms with Crippen molar-refractivity contribution >= 4 is 11.7 Å². The lowest BCUT2D eigenvalue weighted by molar-refractivity contribution is -0.138. The second-order valence-corrected chi connectivity index (χ2v) is 3.40. The van der Waals surface area contributed by atoms with Crippen LogP contribution in [0.1, 0.15) is 12.8 Å². The number of anilines is 1. The Balaban J connectivity index is 2.22. The second kappa shape index (κ2) is 3.65. The number of aliphatic carboxylic acids is 1. The van der Waals surface area contributed by atoms with E-state index in [0.29, 0.717) is 0 Å². The number of pyridine rings is 1. The summed E-state index contributed by atoms with van der Waals surface area (Å²) >= 11 is 0. The van der Waals surface area contributed by atoms with Gasteiger partial charge in [0.1, 0.15) is 6.04 Å². The summed E-state index contributed by atoms with van der Waals surface area (Å²) in [7, 11) is 0. The Morgan fingerprint density at radius 1 is 1.64 bits per heavy atom. The minimum absolute atomic E-state index is 0.376. The maximum atomic E-state index is 10.9. The zero-order valence-electron chi connectivity index (χ0n) is 7.76. The lowest BCUT2D eigenvalue weighted by atomic mass is 10.2. The van der Waals surface area contributed by atoms with Crippen LogP contribution < -0.4 is 4.90 Å². The van der Waals surface area contributed by atoms with Gasteiger partial charge in [-0.05, 0) is 25.0 Å². The van der Waals surface area contributed by atoms with Crippen molar-refractivity contribution in [3.63, 3.8) is 0 Å². The van der Waals surface area contributed by atoms with Gasteiger partial charge in [-0.1, -0.05) is 0 Å². The Labute approximate surface area is 82.2 Å². The number of carboxylic acids is 1. The predicted molar refractivity (Wildman–Crippen MR) is 52.2 cm³/mol. The van der Waals surface area contributed by atoms with Gasteiger partial charge in [0.2, 0.25) is 0 Å². The molecule has 2 heterocycles. The molecule has 4 heteroatoms. The molecule has 14 heavy (non-hydrogen) atoms. The monoisotopic (exact) mass is 192 g/mol. The number of nitrogens with zero attached hydrogens (tertiary/aromatic N) is 2. The van der Waals surface area contributed by atoms with Crippen molar-refractivity contribution in [2.45, 2.75) is 18.9 Å². The van der Waals surface area contributed by atoms with E-state index < -0.39 is 5.97 Å². The number of hydrogen-bond donors (Lipinski definition) is 1. The van der Waals surface area contributed by atoms with Gasteiger partial charge in [-0.25, -0.2) is 4.79 Å². The quantitative estimate of drug-likeness (QED) is 0.763. The van der Waals surface area contributed by atoms with Crippen LogP contribution in [0.2, 0.25) is 0 Å². The third kappa shape index (κ3) is 1.55. The lowest BCUT2D eigenvalue weighted by Crippen LogP contribution is -2.35. The van der Waals surface area contributed by atoms with Crippen LogP contribution in [0.3, 0.4) is 0 Å². The maximum absolute atomic E-state index is 10.9. The van der Waals surface area contributed by atoms with Crippen molar-refractivity contribution in [1.82, 2.24) is 4.98 Å². The average Bonchev–Trinajstić information content (AvgIpc) is 2.67. The van der Waals surface area contributed by atoms with Crippen molar-refractivity contribution < 1.29 is 9.90 Å². The molecule has 0 spiro atoms. The smallest absolute Gasteiger partial charge is 0.326 e. The van der Waals surface area contributed by atoms with E-state index in [-0.39, 0.29) is 6.04 Å². The van der Waals surface area contributed by atoms with Crippen molar-refractivity contribution in [3.8, 4) is 0 Å². The summed E-state index contributed by atoms with van der Waals surface area (Å²) in [5.74, 6) is -0.744. The fraction of sp³-hybridized carbons (Fsp3) is 0.400. The molecule has 1 aromatic rings. The van der Waals surface area contributed by atoms with Gasteiger partial charge in [-0.3, -0.25) is 4.98 Å². The zero-order chi connectivity index (χ0) is 9.97. The minimum Gasteiger partial charge on any atom is -0.480 e. The molecule has 1 saturated heterocycles. The summed E-state index contributed by atoms with van der Waals surface area (Å²) in [5.41, 5.74) is 0.900. The molecule has 1 aromatic heterocycles. The summed E-state index contributed by atoms with van der Waals surface area (Å²) in [4.78, 5) is 16.8. The van der Waals surface area contributed by atoms with Crippen LogP contribution in [0.25, 0.3) is 0 Å². The first-order valence-electron chi connectivity index (χ1n) is 4.68. The molecule has 4 nitrogen and oxygen atoms in total. The van der Waals surface area contributed by atoms with E-state index in [1.165, 1.54) is 0 Å². The molecule has 0 unspecified atom stereocenters. The molecular weight excluding hydrogens is 180 g/mol. The summed E-state index contributed by atoms with van der Waals surface area (Å²) in [6.45, 7) is 0.808. The Morgan fingerprint density at radius 3 is 3.14 bits per heavy atom. The molecule has 0 amide bonds. The van der Waals surface area contributed by atoms with Gasteiger partial charge in [0.05, 0.1) is 11.9 Å². The third-order valence-electron chi connectivity index (χ3n) is 2.52. The first-order valence-corrected chi connectivity index (χ1v) is 4.68. The minimum atomic E-state index is -0.744. The number of rotatable bonds is 2. The molecule has 0 saturated carbocycles. The number of carboxylic acid groups (broad SMARTS) is 1. The van der Waals surface area contributed by atoms with E-state index in [9.17, 15) is 4.79 Å². The Morgan fingerprint density at radius 2 is 2.50 bits per heavy atom. The van der Waals surface area contributed by atoms with Gasteiger partial charge < -0.3 is 10.0 Å². The van der Waals surface area contributed by atoms with E-state index in [2.05, 4.69) is 4.98 Å². The van der Waals surface area contributed by atoms with E-state index in [0.717, 1.165) is 25.1 Å². The van der Waals surface area contributed by atoms with E-state index in [1.54, 1.807) is 12.4 Å². The Hall–Kier alpha value is -1.58. The average molecular weight is 192 g/mol. The highest BCUT2D eigenvalue weighted by atomic mass is 16.4. The van der Waals surface area contributed by atoms with E-state index in [4.69, 9.17) is 5.11 Å². The molecule has 0 radical (unpaired) electrons. The van der Waals surface area contributed by atoms with Crippen molar-refractivity contribution in [2.75, 3.05) is 11.4 Å². The van der Waals surface area contributed by atoms with Gasteiger partial charge in [0.25, 0.3) is 0 Å². The van der Waals surface area contributed by atoms with Crippen LogP contribution in [0.15, 0.2) is 24.5 Å². The molecule has 0 bridgehead atoms.